The fourth-order valence-electron chi connectivity index (χ4n) is 2.40. The molecular formula is C17H19NO2. The van der Waals surface area contributed by atoms with Gasteiger partial charge in [0.1, 0.15) is 24.2 Å². The number of ether oxygens (including phenoxy) is 2. The fourth-order valence-corrected chi connectivity index (χ4v) is 2.40. The standard InChI is InChI=1S/C17H19NO2/c1-3-7-15(8-4-1)19-13-14-11-17(12-18-14)20-16-9-5-2-6-10-16/h1-10,14,17-18H,11-13H2/t14-,17?/m0/s1. The van der Waals surface area contributed by atoms with Gasteiger partial charge in [-0.25, -0.2) is 0 Å². The summed E-state index contributed by atoms with van der Waals surface area (Å²) in [6, 6.07) is 20.2. The summed E-state index contributed by atoms with van der Waals surface area (Å²) in [4.78, 5) is 0. The van der Waals surface area contributed by atoms with Gasteiger partial charge in [-0.15, -0.1) is 0 Å². The number of rotatable bonds is 5. The van der Waals surface area contributed by atoms with Gasteiger partial charge in [-0.2, -0.15) is 0 Å². The molecule has 1 N–H and O–H groups in total. The molecule has 3 nitrogen and oxygen atoms in total. The van der Waals surface area contributed by atoms with Crippen LogP contribution in [0.5, 0.6) is 11.5 Å². The van der Waals surface area contributed by atoms with Crippen molar-refractivity contribution in [2.24, 2.45) is 0 Å². The summed E-state index contributed by atoms with van der Waals surface area (Å²) in [5, 5.41) is 3.45. The lowest BCUT2D eigenvalue weighted by atomic mass is 10.2. The number of nitrogens with one attached hydrogen (secondary N) is 1. The zero-order chi connectivity index (χ0) is 13.6. The predicted molar refractivity (Wildman–Crippen MR) is 79.2 cm³/mol. The van der Waals surface area contributed by atoms with Gasteiger partial charge < -0.3 is 14.8 Å². The Balaban J connectivity index is 1.45. The van der Waals surface area contributed by atoms with Gasteiger partial charge in [0, 0.05) is 19.0 Å². The van der Waals surface area contributed by atoms with Gasteiger partial charge in [-0.3, -0.25) is 0 Å². The Morgan fingerprint density at radius 1 is 0.900 bits per heavy atom. The normalized spacial score (nSPS) is 21.6. The minimum Gasteiger partial charge on any atom is -0.492 e. The maximum Gasteiger partial charge on any atom is 0.119 e. The molecule has 1 heterocycles. The quantitative estimate of drug-likeness (QED) is 0.905. The maximum absolute atomic E-state index is 5.94. The second-order valence-corrected chi connectivity index (χ2v) is 5.02. The topological polar surface area (TPSA) is 30.5 Å². The summed E-state index contributed by atoms with van der Waals surface area (Å²) in [6.07, 6.45) is 1.20. The molecule has 2 aromatic carbocycles. The summed E-state index contributed by atoms with van der Waals surface area (Å²) < 4.78 is 11.7. The van der Waals surface area contributed by atoms with Gasteiger partial charge in [0.25, 0.3) is 0 Å². The molecule has 1 fully saturated rings. The summed E-state index contributed by atoms with van der Waals surface area (Å²) in [5.74, 6) is 1.85. The zero-order valence-corrected chi connectivity index (χ0v) is 11.4. The Bertz CT molecular complexity index is 515. The fraction of sp³-hybridized carbons (Fsp3) is 0.294. The minimum absolute atomic E-state index is 0.224. The minimum atomic E-state index is 0.224. The molecule has 0 aliphatic carbocycles. The monoisotopic (exact) mass is 269 g/mol. The van der Waals surface area contributed by atoms with Crippen LogP contribution in [0, 0.1) is 0 Å². The van der Waals surface area contributed by atoms with E-state index in [1.165, 1.54) is 0 Å². The van der Waals surface area contributed by atoms with Gasteiger partial charge in [0.05, 0.1) is 0 Å². The van der Waals surface area contributed by atoms with E-state index in [9.17, 15) is 0 Å². The molecular weight excluding hydrogens is 250 g/mol. The lowest BCUT2D eigenvalue weighted by Crippen LogP contribution is -2.28. The van der Waals surface area contributed by atoms with Crippen LogP contribution in [0.3, 0.4) is 0 Å². The molecule has 3 heteroatoms. The van der Waals surface area contributed by atoms with Crippen molar-refractivity contribution in [3.05, 3.63) is 60.7 Å². The van der Waals surface area contributed by atoms with Crippen LogP contribution in [0.4, 0.5) is 0 Å². The molecule has 1 saturated heterocycles. The Hall–Kier alpha value is -2.00. The molecule has 2 atom stereocenters. The van der Waals surface area contributed by atoms with Crippen LogP contribution < -0.4 is 14.8 Å². The SMILES string of the molecule is c1ccc(OC[C@@H]2CC(Oc3ccccc3)CN2)cc1. The molecule has 1 aliphatic heterocycles. The third-order valence-electron chi connectivity index (χ3n) is 3.42. The van der Waals surface area contributed by atoms with Crippen LogP contribution in [-0.4, -0.2) is 25.3 Å². The van der Waals surface area contributed by atoms with E-state index in [1.807, 2.05) is 60.7 Å². The van der Waals surface area contributed by atoms with E-state index in [1.54, 1.807) is 0 Å². The van der Waals surface area contributed by atoms with Gasteiger partial charge >= 0.3 is 0 Å². The molecule has 1 aliphatic rings. The van der Waals surface area contributed by atoms with Gasteiger partial charge in [-0.1, -0.05) is 36.4 Å². The molecule has 0 aromatic heterocycles. The smallest absolute Gasteiger partial charge is 0.119 e. The van der Waals surface area contributed by atoms with Gasteiger partial charge in [0.2, 0.25) is 0 Å². The number of hydrogen-bond donors (Lipinski definition) is 1. The van der Waals surface area contributed by atoms with E-state index in [0.29, 0.717) is 12.6 Å². The van der Waals surface area contributed by atoms with E-state index in [-0.39, 0.29) is 6.10 Å². The van der Waals surface area contributed by atoms with Crippen LogP contribution in [0.2, 0.25) is 0 Å². The van der Waals surface area contributed by atoms with Crippen molar-refractivity contribution in [3.8, 4) is 11.5 Å². The number of para-hydroxylation sites is 2. The average Bonchev–Trinajstić information content (AvgIpc) is 2.95. The predicted octanol–water partition coefficient (Wildman–Crippen LogP) is 2.87. The first-order valence-electron chi connectivity index (χ1n) is 7.03. The van der Waals surface area contributed by atoms with E-state index < -0.39 is 0 Å². The van der Waals surface area contributed by atoms with E-state index in [2.05, 4.69) is 5.32 Å². The van der Waals surface area contributed by atoms with Crippen molar-refractivity contribution >= 4 is 0 Å². The van der Waals surface area contributed by atoms with Crippen molar-refractivity contribution in [2.75, 3.05) is 13.2 Å². The largest absolute Gasteiger partial charge is 0.492 e. The molecule has 2 aromatic rings. The second-order valence-electron chi connectivity index (χ2n) is 5.02. The lowest BCUT2D eigenvalue weighted by molar-refractivity contribution is 0.211. The van der Waals surface area contributed by atoms with Crippen LogP contribution in [0.15, 0.2) is 60.7 Å². The average molecular weight is 269 g/mol. The number of hydrogen-bond acceptors (Lipinski definition) is 3. The van der Waals surface area contributed by atoms with E-state index in [4.69, 9.17) is 9.47 Å². The molecule has 0 amide bonds. The van der Waals surface area contributed by atoms with Crippen molar-refractivity contribution in [1.29, 1.82) is 0 Å². The summed E-state index contributed by atoms with van der Waals surface area (Å²) in [5.41, 5.74) is 0. The third kappa shape index (κ3) is 3.52. The van der Waals surface area contributed by atoms with Crippen molar-refractivity contribution < 1.29 is 9.47 Å². The van der Waals surface area contributed by atoms with Crippen LogP contribution in [-0.2, 0) is 0 Å². The zero-order valence-electron chi connectivity index (χ0n) is 11.4. The second kappa shape index (κ2) is 6.44. The molecule has 0 saturated carbocycles. The van der Waals surface area contributed by atoms with Crippen molar-refractivity contribution in [1.82, 2.24) is 5.32 Å². The Kier molecular flexibility index (Phi) is 4.19. The highest BCUT2D eigenvalue weighted by Crippen LogP contribution is 2.17. The Morgan fingerprint density at radius 3 is 2.25 bits per heavy atom. The third-order valence-corrected chi connectivity index (χ3v) is 3.42. The highest BCUT2D eigenvalue weighted by atomic mass is 16.5. The van der Waals surface area contributed by atoms with Crippen molar-refractivity contribution in [3.63, 3.8) is 0 Å². The molecule has 0 spiro atoms. The van der Waals surface area contributed by atoms with Crippen LogP contribution >= 0.6 is 0 Å². The van der Waals surface area contributed by atoms with Gasteiger partial charge in [-0.05, 0) is 24.3 Å². The first kappa shape index (κ1) is 13.0. The molecule has 0 radical (unpaired) electrons. The first-order valence-corrected chi connectivity index (χ1v) is 7.03. The molecule has 20 heavy (non-hydrogen) atoms. The molecule has 3 rings (SSSR count). The Labute approximate surface area is 119 Å². The summed E-state index contributed by atoms with van der Waals surface area (Å²) in [6.45, 7) is 1.55. The lowest BCUT2D eigenvalue weighted by Gasteiger charge is -2.13. The molecule has 104 valence electrons. The highest BCUT2D eigenvalue weighted by Gasteiger charge is 2.25. The number of benzene rings is 2. The highest BCUT2D eigenvalue weighted by molar-refractivity contribution is 5.22. The van der Waals surface area contributed by atoms with Crippen LogP contribution in [0.1, 0.15) is 6.42 Å². The van der Waals surface area contributed by atoms with E-state index >= 15 is 0 Å². The summed E-state index contributed by atoms with van der Waals surface area (Å²) >= 11 is 0. The van der Waals surface area contributed by atoms with E-state index in [0.717, 1.165) is 24.5 Å². The summed E-state index contributed by atoms with van der Waals surface area (Å²) in [7, 11) is 0. The first-order chi connectivity index (χ1) is 9.90. The molecule has 1 unspecified atom stereocenters. The molecule has 0 bridgehead atoms. The Morgan fingerprint density at radius 2 is 1.55 bits per heavy atom. The van der Waals surface area contributed by atoms with Crippen LogP contribution in [0.25, 0.3) is 0 Å². The maximum atomic E-state index is 5.94. The van der Waals surface area contributed by atoms with Gasteiger partial charge in [0.15, 0.2) is 0 Å². The van der Waals surface area contributed by atoms with Crippen molar-refractivity contribution in [2.45, 2.75) is 18.6 Å².